The predicted octanol–water partition coefficient (Wildman–Crippen LogP) is 0.640. The molecule has 1 atom stereocenters. The molecule has 11 heteroatoms. The van der Waals surface area contributed by atoms with Crippen molar-refractivity contribution in [3.63, 3.8) is 0 Å². The van der Waals surface area contributed by atoms with E-state index in [1.54, 1.807) is 12.6 Å². The van der Waals surface area contributed by atoms with Gasteiger partial charge in [-0.1, -0.05) is 6.08 Å². The maximum absolute atomic E-state index is 12.1. The first kappa shape index (κ1) is 22.2. The second kappa shape index (κ2) is 9.32. The van der Waals surface area contributed by atoms with Crippen LogP contribution in [0.4, 0.5) is 0 Å². The second-order valence-electron chi connectivity index (χ2n) is 8.17. The summed E-state index contributed by atoms with van der Waals surface area (Å²) in [7, 11) is -0.936. The van der Waals surface area contributed by atoms with Gasteiger partial charge in [-0.25, -0.2) is 13.5 Å². The maximum atomic E-state index is 12.1. The van der Waals surface area contributed by atoms with Crippen LogP contribution in [0.2, 0.25) is 0 Å². The van der Waals surface area contributed by atoms with E-state index < -0.39 is 16.9 Å². The lowest BCUT2D eigenvalue weighted by Gasteiger charge is -2.29. The number of carbonyl (C=O) groups excluding carboxylic acids is 1. The van der Waals surface area contributed by atoms with Crippen molar-refractivity contribution in [2.45, 2.75) is 19.3 Å². The van der Waals surface area contributed by atoms with E-state index in [0.29, 0.717) is 48.5 Å². The molecule has 0 saturated carbocycles. The number of piperidine rings is 1. The number of hydrogen-bond donors (Lipinski definition) is 1. The number of imidazole rings is 1. The summed E-state index contributed by atoms with van der Waals surface area (Å²) in [6.07, 6.45) is 9.79. The highest BCUT2D eigenvalue weighted by atomic mass is 32.2. The highest BCUT2D eigenvalue weighted by Gasteiger charge is 2.24. The van der Waals surface area contributed by atoms with Crippen LogP contribution in [0.1, 0.15) is 28.9 Å². The van der Waals surface area contributed by atoms with Gasteiger partial charge in [0.1, 0.15) is 40.9 Å². The molecule has 2 aromatic rings. The van der Waals surface area contributed by atoms with E-state index in [0.717, 1.165) is 47.4 Å². The van der Waals surface area contributed by atoms with E-state index in [1.807, 2.05) is 27.1 Å². The van der Waals surface area contributed by atoms with Crippen LogP contribution in [0.5, 0.6) is 5.75 Å². The first-order chi connectivity index (χ1) is 16.0. The number of allylic oxidation sites excluding steroid dienone is 2. The molecule has 1 amide bonds. The summed E-state index contributed by atoms with van der Waals surface area (Å²) in [4.78, 5) is 17.0. The minimum absolute atomic E-state index is 0.346. The Morgan fingerprint density at radius 1 is 1.33 bits per heavy atom. The number of nitrogens with two attached hydrogens (primary N) is 1. The molecule has 0 bridgehead atoms. The lowest BCUT2D eigenvalue weighted by atomic mass is 9.99. The lowest BCUT2D eigenvalue weighted by Crippen LogP contribution is -2.36. The number of hydrogen-bond acceptors (Lipinski definition) is 7. The third-order valence-corrected chi connectivity index (χ3v) is 8.26. The fourth-order valence-corrected chi connectivity index (χ4v) is 5.89. The van der Waals surface area contributed by atoms with Gasteiger partial charge in [-0.05, 0) is 18.8 Å². The summed E-state index contributed by atoms with van der Waals surface area (Å²) in [5, 5.41) is 2.48. The summed E-state index contributed by atoms with van der Waals surface area (Å²) in [6.45, 7) is 3.13. The molecule has 1 unspecified atom stereocenters. The zero-order chi connectivity index (χ0) is 22.9. The standard InChI is InChI=1S/C22H26N4O5S2/c1-33(28)25-6-4-14(5-7-25)12-31-19-11-20(32-21(19)22(23)27)26-13-24-15-10-18-17(3-2-16(15)26)29-8-9-30-18/h2,10-11,13-14H,3-9,12H2,1H3,(H2,23,27). The Morgan fingerprint density at radius 3 is 2.88 bits per heavy atom. The van der Waals surface area contributed by atoms with E-state index in [-0.39, 0.29) is 0 Å². The van der Waals surface area contributed by atoms with Gasteiger partial charge in [-0.15, -0.1) is 11.3 Å². The highest BCUT2D eigenvalue weighted by Crippen LogP contribution is 2.32. The number of rotatable bonds is 6. The molecule has 0 spiro atoms. The molecule has 33 heavy (non-hydrogen) atoms. The topological polar surface area (TPSA) is 109 Å². The van der Waals surface area contributed by atoms with Crippen molar-refractivity contribution in [1.82, 2.24) is 13.9 Å². The van der Waals surface area contributed by atoms with Crippen LogP contribution < -0.4 is 21.2 Å². The average molecular weight is 491 g/mol. The van der Waals surface area contributed by atoms with Gasteiger partial charge in [-0.2, -0.15) is 0 Å². The van der Waals surface area contributed by atoms with Crippen molar-refractivity contribution in [2.75, 3.05) is 39.2 Å². The Labute approximate surface area is 197 Å². The molecule has 1 fully saturated rings. The molecule has 4 heterocycles. The van der Waals surface area contributed by atoms with Gasteiger partial charge in [0.15, 0.2) is 5.76 Å². The van der Waals surface area contributed by atoms with Crippen LogP contribution in [0.15, 0.2) is 23.9 Å². The Bertz CT molecular complexity index is 1240. The Balaban J connectivity index is 1.37. The first-order valence-electron chi connectivity index (χ1n) is 10.9. The monoisotopic (exact) mass is 490 g/mol. The molecule has 2 aliphatic heterocycles. The third kappa shape index (κ3) is 4.57. The fourth-order valence-electron chi connectivity index (χ4n) is 4.23. The van der Waals surface area contributed by atoms with Gasteiger partial charge < -0.3 is 19.9 Å². The first-order valence-corrected chi connectivity index (χ1v) is 13.2. The maximum Gasteiger partial charge on any atom is 0.262 e. The summed E-state index contributed by atoms with van der Waals surface area (Å²) in [6, 6.07) is 1.85. The molecule has 2 N–H and O–H groups in total. The number of ether oxygens (including phenoxy) is 3. The molecule has 176 valence electrons. The number of nitrogens with zero attached hydrogens (tertiary/aromatic N) is 3. The smallest absolute Gasteiger partial charge is 0.262 e. The van der Waals surface area contributed by atoms with E-state index in [4.69, 9.17) is 19.9 Å². The van der Waals surface area contributed by atoms with Crippen LogP contribution in [0.3, 0.4) is 0 Å². The van der Waals surface area contributed by atoms with E-state index in [2.05, 4.69) is 4.98 Å². The number of aromatic nitrogens is 2. The minimum atomic E-state index is -0.936. The molecule has 3 aliphatic rings. The lowest BCUT2D eigenvalue weighted by molar-refractivity contribution is 0.0712. The van der Waals surface area contributed by atoms with Gasteiger partial charge in [-0.3, -0.25) is 9.36 Å². The zero-order valence-corrected chi connectivity index (χ0v) is 20.0. The Kier molecular flexibility index (Phi) is 6.26. The summed E-state index contributed by atoms with van der Waals surface area (Å²) < 4.78 is 33.1. The SMILES string of the molecule is CS(=O)N1CCC(COc2cc(-n3cnc4c3=CCC3=C(C=4)OCCO3)sc2C(N)=O)CC1. The van der Waals surface area contributed by atoms with Gasteiger partial charge in [0.05, 0.1) is 28.3 Å². The molecular formula is C22H26N4O5S2. The third-order valence-electron chi connectivity index (χ3n) is 6.03. The molecule has 9 nitrogen and oxygen atoms in total. The number of fused-ring (bicyclic) bond motifs is 1. The molecule has 1 saturated heterocycles. The van der Waals surface area contributed by atoms with Crippen molar-refractivity contribution in [2.24, 2.45) is 11.7 Å². The van der Waals surface area contributed by atoms with Crippen molar-refractivity contribution in [3.8, 4) is 10.8 Å². The molecular weight excluding hydrogens is 464 g/mol. The molecule has 0 radical (unpaired) electrons. The second-order valence-corrected chi connectivity index (χ2v) is 10.6. The number of primary amides is 1. The fraction of sp³-hybridized carbons (Fsp3) is 0.455. The number of thiophene rings is 1. The average Bonchev–Trinajstić information content (AvgIpc) is 3.36. The minimum Gasteiger partial charge on any atom is -0.491 e. The largest absolute Gasteiger partial charge is 0.491 e. The van der Waals surface area contributed by atoms with Crippen LogP contribution >= 0.6 is 11.3 Å². The van der Waals surface area contributed by atoms with Gasteiger partial charge >= 0.3 is 0 Å². The van der Waals surface area contributed by atoms with E-state index in [1.165, 1.54) is 11.3 Å². The van der Waals surface area contributed by atoms with Crippen LogP contribution in [-0.4, -0.2) is 63.1 Å². The van der Waals surface area contributed by atoms with Gasteiger partial charge in [0.25, 0.3) is 5.91 Å². The summed E-state index contributed by atoms with van der Waals surface area (Å²) in [5.74, 6) is 1.84. The quantitative estimate of drug-likeness (QED) is 0.637. The van der Waals surface area contributed by atoms with Gasteiger partial charge in [0.2, 0.25) is 0 Å². The van der Waals surface area contributed by atoms with Gasteiger partial charge in [0, 0.05) is 37.9 Å². The molecule has 5 rings (SSSR count). The normalized spacial score (nSPS) is 19.8. The molecule has 0 aromatic carbocycles. The van der Waals surface area contributed by atoms with Crippen LogP contribution in [0, 0.1) is 5.92 Å². The Hall–Kier alpha value is -2.63. The number of amides is 1. The number of carbonyl (C=O) groups is 1. The molecule has 1 aliphatic carbocycles. The van der Waals surface area contributed by atoms with Crippen molar-refractivity contribution >= 4 is 40.4 Å². The molecule has 2 aromatic heterocycles. The predicted molar refractivity (Wildman–Crippen MR) is 126 cm³/mol. The van der Waals surface area contributed by atoms with E-state index >= 15 is 0 Å². The van der Waals surface area contributed by atoms with Crippen LogP contribution in [-0.2, 0) is 20.5 Å². The van der Waals surface area contributed by atoms with Crippen molar-refractivity contribution in [1.29, 1.82) is 0 Å². The van der Waals surface area contributed by atoms with Crippen molar-refractivity contribution < 1.29 is 23.2 Å². The summed E-state index contributed by atoms with van der Waals surface area (Å²) in [5.41, 5.74) is 5.66. The van der Waals surface area contributed by atoms with Crippen molar-refractivity contribution in [3.05, 3.63) is 39.5 Å². The summed E-state index contributed by atoms with van der Waals surface area (Å²) >= 11 is 1.29. The Morgan fingerprint density at radius 2 is 2.12 bits per heavy atom. The van der Waals surface area contributed by atoms with E-state index in [9.17, 15) is 9.00 Å². The zero-order valence-electron chi connectivity index (χ0n) is 18.3. The van der Waals surface area contributed by atoms with Crippen LogP contribution in [0.25, 0.3) is 17.2 Å². The highest BCUT2D eigenvalue weighted by molar-refractivity contribution is 7.81.